The van der Waals surface area contributed by atoms with Crippen molar-refractivity contribution in [2.45, 2.75) is 78.9 Å². The molecule has 2 rings (SSSR count). The smallest absolute Gasteiger partial charge is 0.261 e. The maximum atomic E-state index is 13.3. The minimum Gasteiger partial charge on any atom is -0.484 e. The fraction of sp³-hybridized carbons (Fsp3) is 0.481. The normalized spacial score (nSPS) is 12.8. The Labute approximate surface area is 193 Å². The van der Waals surface area contributed by atoms with E-state index in [2.05, 4.69) is 19.2 Å². The van der Waals surface area contributed by atoms with E-state index < -0.39 is 6.04 Å². The molecule has 2 aromatic rings. The second-order valence-corrected chi connectivity index (χ2v) is 8.70. The van der Waals surface area contributed by atoms with Gasteiger partial charge in [0.05, 0.1) is 0 Å². The molecule has 0 bridgehead atoms. The fourth-order valence-electron chi connectivity index (χ4n) is 3.51. The molecule has 2 unspecified atom stereocenters. The van der Waals surface area contributed by atoms with Gasteiger partial charge in [0.25, 0.3) is 5.91 Å². The second-order valence-electron chi connectivity index (χ2n) is 8.70. The Balaban J connectivity index is 2.20. The van der Waals surface area contributed by atoms with E-state index in [4.69, 9.17) is 4.74 Å². The first kappa shape index (κ1) is 25.4. The molecule has 0 fully saturated rings. The monoisotopic (exact) mass is 438 g/mol. The van der Waals surface area contributed by atoms with Gasteiger partial charge in [-0.3, -0.25) is 9.59 Å². The van der Waals surface area contributed by atoms with Crippen LogP contribution in [0.5, 0.6) is 5.75 Å². The van der Waals surface area contributed by atoms with E-state index in [1.54, 1.807) is 4.90 Å². The quantitative estimate of drug-likeness (QED) is 0.523. The van der Waals surface area contributed by atoms with Crippen LogP contribution in [0.3, 0.4) is 0 Å². The first-order chi connectivity index (χ1) is 15.3. The first-order valence-electron chi connectivity index (χ1n) is 11.6. The molecule has 5 heteroatoms. The van der Waals surface area contributed by atoms with Crippen LogP contribution in [0.15, 0.2) is 48.5 Å². The van der Waals surface area contributed by atoms with Gasteiger partial charge in [0.15, 0.2) is 6.61 Å². The molecule has 0 saturated heterocycles. The number of ether oxygens (including phenoxy) is 1. The average Bonchev–Trinajstić information content (AvgIpc) is 2.78. The van der Waals surface area contributed by atoms with E-state index in [0.717, 1.165) is 17.5 Å². The number of rotatable bonds is 11. The molecule has 0 heterocycles. The molecule has 0 spiro atoms. The molecule has 0 aliphatic heterocycles. The summed E-state index contributed by atoms with van der Waals surface area (Å²) in [5.41, 5.74) is 3.34. The van der Waals surface area contributed by atoms with Gasteiger partial charge in [-0.1, -0.05) is 64.1 Å². The molecule has 32 heavy (non-hydrogen) atoms. The number of benzene rings is 2. The Morgan fingerprint density at radius 2 is 1.62 bits per heavy atom. The Morgan fingerprint density at radius 1 is 0.969 bits per heavy atom. The predicted molar refractivity (Wildman–Crippen MR) is 130 cm³/mol. The summed E-state index contributed by atoms with van der Waals surface area (Å²) in [6.07, 6.45) is 1.37. The second kappa shape index (κ2) is 12.3. The van der Waals surface area contributed by atoms with Gasteiger partial charge >= 0.3 is 0 Å². The van der Waals surface area contributed by atoms with Gasteiger partial charge in [-0.05, 0) is 61.4 Å². The minimum absolute atomic E-state index is 0.0580. The maximum Gasteiger partial charge on any atom is 0.261 e. The van der Waals surface area contributed by atoms with Crippen LogP contribution in [0, 0.1) is 6.92 Å². The lowest BCUT2D eigenvalue weighted by molar-refractivity contribution is -0.143. The number of hydrogen-bond acceptors (Lipinski definition) is 3. The molecular formula is C27H38N2O3. The van der Waals surface area contributed by atoms with E-state index in [1.807, 2.05) is 76.2 Å². The van der Waals surface area contributed by atoms with E-state index >= 15 is 0 Å². The fourth-order valence-corrected chi connectivity index (χ4v) is 3.51. The average molecular weight is 439 g/mol. The van der Waals surface area contributed by atoms with Crippen LogP contribution in [0.25, 0.3) is 0 Å². The van der Waals surface area contributed by atoms with Crippen molar-refractivity contribution >= 4 is 11.8 Å². The molecule has 2 amide bonds. The lowest BCUT2D eigenvalue weighted by Crippen LogP contribution is -2.51. The van der Waals surface area contributed by atoms with E-state index in [-0.39, 0.29) is 24.5 Å². The number of nitrogens with zero attached hydrogens (tertiary/aromatic N) is 1. The van der Waals surface area contributed by atoms with E-state index in [9.17, 15) is 9.59 Å². The number of carbonyl (C=O) groups is 2. The van der Waals surface area contributed by atoms with Crippen molar-refractivity contribution in [2.24, 2.45) is 0 Å². The minimum atomic E-state index is -0.553. The number of nitrogens with one attached hydrogen (secondary N) is 1. The zero-order valence-corrected chi connectivity index (χ0v) is 20.4. The van der Waals surface area contributed by atoms with Gasteiger partial charge < -0.3 is 15.0 Å². The lowest BCUT2D eigenvalue weighted by Gasteiger charge is -2.31. The topological polar surface area (TPSA) is 58.6 Å². The van der Waals surface area contributed by atoms with Gasteiger partial charge in [-0.15, -0.1) is 0 Å². The summed E-state index contributed by atoms with van der Waals surface area (Å²) in [4.78, 5) is 27.9. The number of amides is 2. The molecule has 0 aliphatic carbocycles. The maximum absolute atomic E-state index is 13.3. The highest BCUT2D eigenvalue weighted by atomic mass is 16.5. The Bertz CT molecular complexity index is 877. The number of hydrogen-bond donors (Lipinski definition) is 1. The zero-order valence-electron chi connectivity index (χ0n) is 20.4. The molecule has 0 aliphatic rings. The van der Waals surface area contributed by atoms with Crippen LogP contribution >= 0.6 is 0 Å². The van der Waals surface area contributed by atoms with Crippen LogP contribution in [0.2, 0.25) is 0 Å². The summed E-state index contributed by atoms with van der Waals surface area (Å²) < 4.78 is 5.81. The van der Waals surface area contributed by atoms with Crippen molar-refractivity contribution < 1.29 is 14.3 Å². The van der Waals surface area contributed by atoms with Crippen molar-refractivity contribution in [3.63, 3.8) is 0 Å². The molecule has 2 aromatic carbocycles. The third-order valence-corrected chi connectivity index (χ3v) is 5.90. The molecule has 5 nitrogen and oxygen atoms in total. The third kappa shape index (κ3) is 7.11. The van der Waals surface area contributed by atoms with Crippen LogP contribution in [-0.4, -0.2) is 35.4 Å². The van der Waals surface area contributed by atoms with Crippen LogP contribution in [0.1, 0.15) is 70.1 Å². The standard InChI is InChI=1S/C27H38N2O3/c1-7-21(6)28-27(31)25(8-2)29(17-23-12-10-9-11-20(23)5)26(30)18-32-24-15-13-22(14-16-24)19(3)4/h9-16,19,21,25H,7-8,17-18H2,1-6H3,(H,28,31). The zero-order chi connectivity index (χ0) is 23.7. The summed E-state index contributed by atoms with van der Waals surface area (Å²) in [6, 6.07) is 15.3. The number of carbonyl (C=O) groups excluding carboxylic acids is 2. The van der Waals surface area contributed by atoms with Gasteiger partial charge in [0.2, 0.25) is 5.91 Å². The first-order valence-corrected chi connectivity index (χ1v) is 11.6. The van der Waals surface area contributed by atoms with Gasteiger partial charge in [-0.2, -0.15) is 0 Å². The van der Waals surface area contributed by atoms with Crippen molar-refractivity contribution in [3.05, 3.63) is 65.2 Å². The summed E-state index contributed by atoms with van der Waals surface area (Å²) in [6.45, 7) is 12.5. The lowest BCUT2D eigenvalue weighted by atomic mass is 10.0. The van der Waals surface area contributed by atoms with Gasteiger partial charge in [-0.25, -0.2) is 0 Å². The Kier molecular flexibility index (Phi) is 9.76. The number of aryl methyl sites for hydroxylation is 1. The van der Waals surface area contributed by atoms with Crippen molar-refractivity contribution in [1.29, 1.82) is 0 Å². The SMILES string of the molecule is CCC(C)NC(=O)C(CC)N(Cc1ccccc1C)C(=O)COc1ccc(C(C)C)cc1. The summed E-state index contributed by atoms with van der Waals surface area (Å²) in [5, 5.41) is 3.03. The van der Waals surface area contributed by atoms with Crippen LogP contribution in [0.4, 0.5) is 0 Å². The highest BCUT2D eigenvalue weighted by Crippen LogP contribution is 2.20. The summed E-state index contributed by atoms with van der Waals surface area (Å²) in [7, 11) is 0. The molecule has 1 N–H and O–H groups in total. The summed E-state index contributed by atoms with van der Waals surface area (Å²) >= 11 is 0. The van der Waals surface area contributed by atoms with Gasteiger partial charge in [0, 0.05) is 12.6 Å². The molecule has 174 valence electrons. The molecule has 0 aromatic heterocycles. The highest BCUT2D eigenvalue weighted by molar-refractivity contribution is 5.88. The van der Waals surface area contributed by atoms with Crippen molar-refractivity contribution in [3.8, 4) is 5.75 Å². The molecule has 0 saturated carbocycles. The predicted octanol–water partition coefficient (Wildman–Crippen LogP) is 5.22. The molecule has 0 radical (unpaired) electrons. The van der Waals surface area contributed by atoms with E-state index in [1.165, 1.54) is 5.56 Å². The Hall–Kier alpha value is -2.82. The van der Waals surface area contributed by atoms with Crippen molar-refractivity contribution in [1.82, 2.24) is 10.2 Å². The van der Waals surface area contributed by atoms with Crippen molar-refractivity contribution in [2.75, 3.05) is 6.61 Å². The molecule has 2 atom stereocenters. The summed E-state index contributed by atoms with van der Waals surface area (Å²) in [5.74, 6) is 0.762. The van der Waals surface area contributed by atoms with Crippen LogP contribution in [-0.2, 0) is 16.1 Å². The third-order valence-electron chi connectivity index (χ3n) is 5.90. The van der Waals surface area contributed by atoms with Gasteiger partial charge in [0.1, 0.15) is 11.8 Å². The molecular weight excluding hydrogens is 400 g/mol. The largest absolute Gasteiger partial charge is 0.484 e. The van der Waals surface area contributed by atoms with Crippen LogP contribution < -0.4 is 10.1 Å². The van der Waals surface area contributed by atoms with E-state index in [0.29, 0.717) is 24.6 Å². The Morgan fingerprint density at radius 3 is 2.19 bits per heavy atom. The highest BCUT2D eigenvalue weighted by Gasteiger charge is 2.29.